The Balaban J connectivity index is 1.33. The Morgan fingerprint density at radius 3 is 2.71 bits per heavy atom. The van der Waals surface area contributed by atoms with E-state index in [1.54, 1.807) is 23.3 Å². The maximum absolute atomic E-state index is 13.7. The van der Waals surface area contributed by atoms with Crippen LogP contribution in [0, 0.1) is 5.82 Å². The lowest BCUT2D eigenvalue weighted by atomic mass is 9.98. The summed E-state index contributed by atoms with van der Waals surface area (Å²) in [6, 6.07) is 19.5. The second-order valence-corrected chi connectivity index (χ2v) is 9.99. The van der Waals surface area contributed by atoms with Gasteiger partial charge in [0.05, 0.1) is 28.8 Å². The molecule has 0 aliphatic carbocycles. The van der Waals surface area contributed by atoms with E-state index in [9.17, 15) is 4.39 Å². The van der Waals surface area contributed by atoms with Gasteiger partial charge in [-0.3, -0.25) is 4.90 Å². The van der Waals surface area contributed by atoms with Crippen LogP contribution in [0.5, 0.6) is 0 Å². The van der Waals surface area contributed by atoms with Crippen molar-refractivity contribution in [2.45, 2.75) is 26.1 Å². The van der Waals surface area contributed by atoms with Crippen LogP contribution in [-0.4, -0.2) is 55.5 Å². The molecule has 192 valence electrons. The first-order chi connectivity index (χ1) is 18.5. The second kappa shape index (κ2) is 10.3. The summed E-state index contributed by atoms with van der Waals surface area (Å²) < 4.78 is 13.7. The Morgan fingerprint density at radius 1 is 0.974 bits per heavy atom. The quantitative estimate of drug-likeness (QED) is 0.319. The van der Waals surface area contributed by atoms with Crippen molar-refractivity contribution in [2.75, 3.05) is 25.6 Å². The molecule has 0 saturated heterocycles. The molecule has 0 saturated carbocycles. The SMILES string of the molecule is CN(C)Cc1cn(N(c2ccc3c(c2)CCN(Cc2cccc(F)c2)C3)c2ccc3ncncc3c2)nn1. The molecule has 38 heavy (non-hydrogen) atoms. The molecular formula is C29H29FN8. The van der Waals surface area contributed by atoms with E-state index in [0.29, 0.717) is 6.54 Å². The van der Waals surface area contributed by atoms with Crippen LogP contribution in [0.1, 0.15) is 22.4 Å². The zero-order chi connectivity index (χ0) is 26.1. The van der Waals surface area contributed by atoms with Crippen LogP contribution in [0.25, 0.3) is 10.9 Å². The summed E-state index contributed by atoms with van der Waals surface area (Å²) in [7, 11) is 4.03. The molecule has 3 aromatic carbocycles. The molecule has 0 radical (unpaired) electrons. The number of aromatic nitrogens is 5. The van der Waals surface area contributed by atoms with Crippen LogP contribution in [0.3, 0.4) is 0 Å². The molecule has 0 spiro atoms. The normalized spacial score (nSPS) is 13.7. The number of benzene rings is 3. The van der Waals surface area contributed by atoms with Crippen LogP contribution < -0.4 is 5.01 Å². The Bertz CT molecular complexity index is 1580. The molecule has 0 unspecified atom stereocenters. The van der Waals surface area contributed by atoms with E-state index in [1.165, 1.54) is 17.2 Å². The Hall–Kier alpha value is -4.21. The molecule has 8 nitrogen and oxygen atoms in total. The van der Waals surface area contributed by atoms with Crippen molar-refractivity contribution in [2.24, 2.45) is 0 Å². The van der Waals surface area contributed by atoms with Gasteiger partial charge >= 0.3 is 0 Å². The molecule has 9 heteroatoms. The van der Waals surface area contributed by atoms with Crippen LogP contribution in [0.15, 0.2) is 79.4 Å². The molecule has 3 heterocycles. The summed E-state index contributed by atoms with van der Waals surface area (Å²) in [6.45, 7) is 3.18. The van der Waals surface area contributed by atoms with Gasteiger partial charge in [-0.15, -0.1) is 5.10 Å². The molecular weight excluding hydrogens is 479 g/mol. The van der Waals surface area contributed by atoms with E-state index in [4.69, 9.17) is 0 Å². The third-order valence-corrected chi connectivity index (χ3v) is 6.77. The summed E-state index contributed by atoms with van der Waals surface area (Å²) in [6.07, 6.45) is 6.27. The van der Waals surface area contributed by atoms with Crippen molar-refractivity contribution in [3.8, 4) is 0 Å². The van der Waals surface area contributed by atoms with Gasteiger partial charge in [-0.2, -0.15) is 4.79 Å². The molecule has 0 amide bonds. The van der Waals surface area contributed by atoms with Crippen LogP contribution in [-0.2, 0) is 26.1 Å². The predicted octanol–water partition coefficient (Wildman–Crippen LogP) is 4.58. The minimum atomic E-state index is -0.188. The molecule has 2 aromatic heterocycles. The van der Waals surface area contributed by atoms with E-state index in [1.807, 2.05) is 44.7 Å². The summed E-state index contributed by atoms with van der Waals surface area (Å²) in [5, 5.41) is 11.9. The Kier molecular flexibility index (Phi) is 6.53. The number of anilines is 2. The van der Waals surface area contributed by atoms with Gasteiger partial charge in [0.1, 0.15) is 12.1 Å². The smallest absolute Gasteiger partial charge is 0.123 e. The van der Waals surface area contributed by atoms with Gasteiger partial charge in [-0.1, -0.05) is 18.2 Å². The zero-order valence-electron chi connectivity index (χ0n) is 21.5. The van der Waals surface area contributed by atoms with E-state index in [2.05, 4.69) is 59.4 Å². The van der Waals surface area contributed by atoms with Crippen molar-refractivity contribution in [3.05, 3.63) is 108 Å². The van der Waals surface area contributed by atoms with Gasteiger partial charge in [0.2, 0.25) is 0 Å². The van der Waals surface area contributed by atoms with Gasteiger partial charge < -0.3 is 4.90 Å². The number of hydrogen-bond donors (Lipinski definition) is 0. The third-order valence-electron chi connectivity index (χ3n) is 6.77. The lowest BCUT2D eigenvalue weighted by molar-refractivity contribution is 0.245. The number of nitrogens with zero attached hydrogens (tertiary/aromatic N) is 8. The highest BCUT2D eigenvalue weighted by molar-refractivity contribution is 5.83. The van der Waals surface area contributed by atoms with E-state index < -0.39 is 0 Å². The molecule has 0 N–H and O–H groups in total. The topological polar surface area (TPSA) is 66.2 Å². The fourth-order valence-electron chi connectivity index (χ4n) is 5.03. The van der Waals surface area contributed by atoms with Gasteiger partial charge in [0.25, 0.3) is 0 Å². The minimum Gasteiger partial charge on any atom is -0.303 e. The predicted molar refractivity (Wildman–Crippen MR) is 145 cm³/mol. The summed E-state index contributed by atoms with van der Waals surface area (Å²) in [5.41, 5.74) is 7.30. The average Bonchev–Trinajstić information content (AvgIpc) is 3.36. The number of halogens is 1. The second-order valence-electron chi connectivity index (χ2n) is 9.99. The van der Waals surface area contributed by atoms with Crippen molar-refractivity contribution < 1.29 is 4.39 Å². The van der Waals surface area contributed by atoms with Gasteiger partial charge in [-0.05, 0) is 84.9 Å². The first kappa shape index (κ1) is 24.1. The number of rotatable bonds is 7. The highest BCUT2D eigenvalue weighted by Gasteiger charge is 2.21. The van der Waals surface area contributed by atoms with Crippen LogP contribution in [0.4, 0.5) is 15.8 Å². The van der Waals surface area contributed by atoms with Crippen LogP contribution >= 0.6 is 0 Å². The monoisotopic (exact) mass is 508 g/mol. The molecule has 1 aliphatic heterocycles. The first-order valence-corrected chi connectivity index (χ1v) is 12.7. The van der Waals surface area contributed by atoms with E-state index >= 15 is 0 Å². The highest BCUT2D eigenvalue weighted by atomic mass is 19.1. The maximum Gasteiger partial charge on any atom is 0.123 e. The molecule has 0 atom stereocenters. The Morgan fingerprint density at radius 2 is 1.84 bits per heavy atom. The zero-order valence-corrected chi connectivity index (χ0v) is 21.5. The Labute approximate surface area is 220 Å². The minimum absolute atomic E-state index is 0.188. The van der Waals surface area contributed by atoms with Crippen molar-refractivity contribution in [1.29, 1.82) is 0 Å². The van der Waals surface area contributed by atoms with Crippen molar-refractivity contribution in [1.82, 2.24) is 34.9 Å². The summed E-state index contributed by atoms with van der Waals surface area (Å²) >= 11 is 0. The maximum atomic E-state index is 13.7. The highest BCUT2D eigenvalue weighted by Crippen LogP contribution is 2.32. The van der Waals surface area contributed by atoms with Gasteiger partial charge in [-0.25, -0.2) is 19.4 Å². The van der Waals surface area contributed by atoms with Gasteiger partial charge in [0, 0.05) is 37.8 Å². The fraction of sp³-hybridized carbons (Fsp3) is 0.241. The number of fused-ring (bicyclic) bond motifs is 2. The van der Waals surface area contributed by atoms with Crippen LogP contribution in [0.2, 0.25) is 0 Å². The lowest BCUT2D eigenvalue weighted by Crippen LogP contribution is -2.31. The first-order valence-electron chi connectivity index (χ1n) is 12.7. The molecule has 0 bridgehead atoms. The molecule has 5 aromatic rings. The standard InChI is InChI=1S/C29H29FN8/c1-35(2)18-26-19-37(34-33-26)38(28-8-9-29-24(14-28)15-31-20-32-29)27-7-6-23-17-36(11-10-22(23)13-27)16-21-4-3-5-25(30)12-21/h3-9,12-15,19-20H,10-11,16-18H2,1-2H3. The fourth-order valence-corrected chi connectivity index (χ4v) is 5.03. The van der Waals surface area contributed by atoms with E-state index in [0.717, 1.165) is 59.6 Å². The summed E-state index contributed by atoms with van der Waals surface area (Å²) in [4.78, 5) is 14.8. The summed E-state index contributed by atoms with van der Waals surface area (Å²) in [5.74, 6) is -0.188. The average molecular weight is 509 g/mol. The lowest BCUT2D eigenvalue weighted by Gasteiger charge is -2.31. The largest absolute Gasteiger partial charge is 0.303 e. The molecule has 0 fully saturated rings. The third kappa shape index (κ3) is 5.11. The molecule has 6 rings (SSSR count). The number of hydrogen-bond acceptors (Lipinski definition) is 7. The van der Waals surface area contributed by atoms with Crippen molar-refractivity contribution >= 4 is 22.3 Å². The van der Waals surface area contributed by atoms with E-state index in [-0.39, 0.29) is 5.82 Å². The van der Waals surface area contributed by atoms with Crippen molar-refractivity contribution in [3.63, 3.8) is 0 Å². The molecule has 1 aliphatic rings. The van der Waals surface area contributed by atoms with Gasteiger partial charge in [0.15, 0.2) is 0 Å².